The molecule has 112 valence electrons. The molecular formula is C17H14FNO3. The van der Waals surface area contributed by atoms with Crippen LogP contribution in [0.15, 0.2) is 48.5 Å². The first-order valence-electron chi connectivity index (χ1n) is 6.54. The summed E-state index contributed by atoms with van der Waals surface area (Å²) in [5, 5.41) is 12.3. The number of hydrogen-bond acceptors (Lipinski definition) is 3. The van der Waals surface area contributed by atoms with Gasteiger partial charge in [0.25, 0.3) is 0 Å². The van der Waals surface area contributed by atoms with Gasteiger partial charge < -0.3 is 10.4 Å². The summed E-state index contributed by atoms with van der Waals surface area (Å²) >= 11 is 0. The molecule has 0 saturated heterocycles. The molecule has 0 atom stereocenters. The summed E-state index contributed by atoms with van der Waals surface area (Å²) in [6.07, 6.45) is 2.69. The fourth-order valence-corrected chi connectivity index (χ4v) is 1.89. The van der Waals surface area contributed by atoms with Crippen LogP contribution in [-0.4, -0.2) is 16.8 Å². The number of anilines is 1. The number of aromatic hydroxyl groups is 1. The number of rotatable bonds is 4. The van der Waals surface area contributed by atoms with Gasteiger partial charge in [-0.2, -0.15) is 0 Å². The van der Waals surface area contributed by atoms with Crippen molar-refractivity contribution < 1.29 is 19.1 Å². The van der Waals surface area contributed by atoms with E-state index in [0.29, 0.717) is 11.3 Å². The number of allylic oxidation sites excluding steroid dienone is 1. The Morgan fingerprint density at radius 2 is 1.95 bits per heavy atom. The molecule has 0 radical (unpaired) electrons. The number of nitrogens with one attached hydrogen (secondary N) is 1. The van der Waals surface area contributed by atoms with Crippen molar-refractivity contribution in [2.75, 3.05) is 5.32 Å². The van der Waals surface area contributed by atoms with Gasteiger partial charge in [0.1, 0.15) is 11.6 Å². The summed E-state index contributed by atoms with van der Waals surface area (Å²) in [5.74, 6) is -1.32. The Labute approximate surface area is 126 Å². The molecule has 0 aliphatic heterocycles. The molecule has 1 amide bonds. The molecule has 5 heteroatoms. The van der Waals surface area contributed by atoms with Crippen molar-refractivity contribution >= 4 is 23.5 Å². The summed E-state index contributed by atoms with van der Waals surface area (Å²) in [6.45, 7) is 1.35. The van der Waals surface area contributed by atoms with Crippen LogP contribution in [0.4, 0.5) is 10.1 Å². The monoisotopic (exact) mass is 299 g/mol. The average molecular weight is 299 g/mol. The average Bonchev–Trinajstić information content (AvgIpc) is 2.46. The molecule has 22 heavy (non-hydrogen) atoms. The van der Waals surface area contributed by atoms with Crippen LogP contribution in [-0.2, 0) is 4.79 Å². The van der Waals surface area contributed by atoms with E-state index in [1.54, 1.807) is 6.07 Å². The highest BCUT2D eigenvalue weighted by atomic mass is 19.1. The van der Waals surface area contributed by atoms with Gasteiger partial charge in [0.05, 0.1) is 5.56 Å². The molecule has 4 nitrogen and oxygen atoms in total. The van der Waals surface area contributed by atoms with Gasteiger partial charge in [0.2, 0.25) is 5.91 Å². The van der Waals surface area contributed by atoms with E-state index in [0.717, 1.165) is 0 Å². The zero-order chi connectivity index (χ0) is 16.1. The molecule has 0 bridgehead atoms. The SMILES string of the molecule is CC(=O)Nc1ccc(O)c(C(=O)C=Cc2cccc(F)c2)c1. The number of phenolic OH excluding ortho intramolecular Hbond substituents is 1. The summed E-state index contributed by atoms with van der Waals surface area (Å²) in [5.41, 5.74) is 0.998. The third-order valence-electron chi connectivity index (χ3n) is 2.86. The molecule has 0 spiro atoms. The van der Waals surface area contributed by atoms with Crippen LogP contribution < -0.4 is 5.32 Å². The van der Waals surface area contributed by atoms with Gasteiger partial charge >= 0.3 is 0 Å². The van der Waals surface area contributed by atoms with E-state index in [1.165, 1.54) is 55.5 Å². The Bertz CT molecular complexity index is 753. The molecule has 0 saturated carbocycles. The van der Waals surface area contributed by atoms with E-state index in [4.69, 9.17) is 0 Å². The van der Waals surface area contributed by atoms with Crippen LogP contribution in [0.1, 0.15) is 22.8 Å². The van der Waals surface area contributed by atoms with E-state index < -0.39 is 11.6 Å². The fourth-order valence-electron chi connectivity index (χ4n) is 1.89. The number of hydrogen-bond donors (Lipinski definition) is 2. The smallest absolute Gasteiger partial charge is 0.221 e. The number of benzene rings is 2. The number of halogens is 1. The van der Waals surface area contributed by atoms with Gasteiger partial charge in [-0.25, -0.2) is 4.39 Å². The molecule has 0 aromatic heterocycles. The summed E-state index contributed by atoms with van der Waals surface area (Å²) in [6, 6.07) is 9.99. The third-order valence-corrected chi connectivity index (χ3v) is 2.86. The van der Waals surface area contributed by atoms with Crippen LogP contribution in [0.2, 0.25) is 0 Å². The van der Waals surface area contributed by atoms with Crippen molar-refractivity contribution in [3.63, 3.8) is 0 Å². The van der Waals surface area contributed by atoms with Gasteiger partial charge in [0.15, 0.2) is 5.78 Å². The molecular weight excluding hydrogens is 285 g/mol. The van der Waals surface area contributed by atoms with Gasteiger partial charge in [0, 0.05) is 12.6 Å². The standard InChI is InChI=1S/C17H14FNO3/c1-11(20)19-14-6-8-17(22)15(10-14)16(21)7-5-12-3-2-4-13(18)9-12/h2-10,22H,1H3,(H,19,20). The van der Waals surface area contributed by atoms with Crippen LogP contribution >= 0.6 is 0 Å². The van der Waals surface area contributed by atoms with Crippen molar-refractivity contribution in [3.8, 4) is 5.75 Å². The number of phenols is 1. The second-order valence-electron chi connectivity index (χ2n) is 4.67. The second-order valence-corrected chi connectivity index (χ2v) is 4.67. The fraction of sp³-hybridized carbons (Fsp3) is 0.0588. The number of amides is 1. The number of ketones is 1. The third kappa shape index (κ3) is 4.02. The van der Waals surface area contributed by atoms with E-state index >= 15 is 0 Å². The van der Waals surface area contributed by atoms with Crippen molar-refractivity contribution in [1.82, 2.24) is 0 Å². The van der Waals surface area contributed by atoms with E-state index in [2.05, 4.69) is 5.32 Å². The molecule has 2 rings (SSSR count). The van der Waals surface area contributed by atoms with Crippen molar-refractivity contribution in [2.24, 2.45) is 0 Å². The summed E-state index contributed by atoms with van der Waals surface area (Å²) in [4.78, 5) is 23.1. The maximum Gasteiger partial charge on any atom is 0.221 e. The summed E-state index contributed by atoms with van der Waals surface area (Å²) < 4.78 is 13.1. The van der Waals surface area contributed by atoms with Crippen molar-refractivity contribution in [1.29, 1.82) is 0 Å². The Kier molecular flexibility index (Phi) is 4.68. The first-order valence-corrected chi connectivity index (χ1v) is 6.54. The van der Waals surface area contributed by atoms with E-state index in [-0.39, 0.29) is 17.2 Å². The van der Waals surface area contributed by atoms with Crippen LogP contribution in [0.3, 0.4) is 0 Å². The highest BCUT2D eigenvalue weighted by Gasteiger charge is 2.10. The highest BCUT2D eigenvalue weighted by molar-refractivity contribution is 6.09. The molecule has 0 aliphatic rings. The first-order chi connectivity index (χ1) is 10.5. The maximum absolute atomic E-state index is 13.1. The normalized spacial score (nSPS) is 10.6. The van der Waals surface area contributed by atoms with Gasteiger partial charge in [-0.15, -0.1) is 0 Å². The number of carbonyl (C=O) groups excluding carboxylic acids is 2. The predicted octanol–water partition coefficient (Wildman–Crippen LogP) is 3.39. The lowest BCUT2D eigenvalue weighted by atomic mass is 10.1. The molecule has 2 aromatic carbocycles. The molecule has 0 aliphatic carbocycles. The Morgan fingerprint density at radius 3 is 2.64 bits per heavy atom. The topological polar surface area (TPSA) is 66.4 Å². The lowest BCUT2D eigenvalue weighted by Crippen LogP contribution is -2.06. The van der Waals surface area contributed by atoms with E-state index in [1.807, 2.05) is 0 Å². The predicted molar refractivity (Wildman–Crippen MR) is 82.2 cm³/mol. The molecule has 0 fully saturated rings. The molecule has 0 heterocycles. The molecule has 2 aromatic rings. The largest absolute Gasteiger partial charge is 0.507 e. The Balaban J connectivity index is 2.23. The maximum atomic E-state index is 13.1. The zero-order valence-corrected chi connectivity index (χ0v) is 11.8. The minimum atomic E-state index is -0.450. The molecule has 2 N–H and O–H groups in total. The minimum Gasteiger partial charge on any atom is -0.507 e. The summed E-state index contributed by atoms with van der Waals surface area (Å²) in [7, 11) is 0. The van der Waals surface area contributed by atoms with Crippen molar-refractivity contribution in [3.05, 3.63) is 65.5 Å². The van der Waals surface area contributed by atoms with Gasteiger partial charge in [-0.3, -0.25) is 9.59 Å². The Hall–Kier alpha value is -2.95. The first kappa shape index (κ1) is 15.4. The van der Waals surface area contributed by atoms with Crippen LogP contribution in [0.25, 0.3) is 6.08 Å². The highest BCUT2D eigenvalue weighted by Crippen LogP contribution is 2.22. The van der Waals surface area contributed by atoms with Crippen LogP contribution in [0, 0.1) is 5.82 Å². The second kappa shape index (κ2) is 6.67. The van der Waals surface area contributed by atoms with Gasteiger partial charge in [-0.05, 0) is 42.0 Å². The van der Waals surface area contributed by atoms with Gasteiger partial charge in [-0.1, -0.05) is 18.2 Å². The molecule has 0 unspecified atom stereocenters. The zero-order valence-electron chi connectivity index (χ0n) is 11.8. The lowest BCUT2D eigenvalue weighted by Gasteiger charge is -2.05. The minimum absolute atomic E-state index is 0.0545. The lowest BCUT2D eigenvalue weighted by molar-refractivity contribution is -0.114. The quantitative estimate of drug-likeness (QED) is 0.516. The Morgan fingerprint density at radius 1 is 1.18 bits per heavy atom. The number of carbonyl (C=O) groups is 2. The van der Waals surface area contributed by atoms with E-state index in [9.17, 15) is 19.1 Å². The van der Waals surface area contributed by atoms with Crippen molar-refractivity contribution in [2.45, 2.75) is 6.92 Å². The van der Waals surface area contributed by atoms with Crippen LogP contribution in [0.5, 0.6) is 5.75 Å².